The number of amides is 1. The molecule has 170 valence electrons. The van der Waals surface area contributed by atoms with Crippen molar-refractivity contribution in [2.45, 2.75) is 26.7 Å². The van der Waals surface area contributed by atoms with Crippen molar-refractivity contribution in [2.75, 3.05) is 38.7 Å². The Balaban J connectivity index is 1.62. The predicted molar refractivity (Wildman–Crippen MR) is 135 cm³/mol. The lowest BCUT2D eigenvalue weighted by molar-refractivity contribution is -0.111. The maximum Gasteiger partial charge on any atom is 0.248 e. The van der Waals surface area contributed by atoms with Crippen molar-refractivity contribution in [3.63, 3.8) is 0 Å². The normalized spacial score (nSPS) is 11.4. The Morgan fingerprint density at radius 2 is 1.84 bits per heavy atom. The van der Waals surface area contributed by atoms with E-state index in [0.717, 1.165) is 43.4 Å². The number of ether oxygens (including phenoxy) is 2. The van der Waals surface area contributed by atoms with Gasteiger partial charge in [-0.05, 0) is 66.5 Å². The van der Waals surface area contributed by atoms with Gasteiger partial charge in [-0.3, -0.25) is 9.69 Å². The van der Waals surface area contributed by atoms with E-state index in [9.17, 15) is 4.79 Å². The molecule has 1 amide bonds. The fourth-order valence-corrected chi connectivity index (χ4v) is 4.53. The Morgan fingerprint density at radius 1 is 1.06 bits per heavy atom. The molecular formula is C26H32N2O3S. The number of rotatable bonds is 12. The first-order valence-electron chi connectivity index (χ1n) is 11.1. The lowest BCUT2D eigenvalue weighted by atomic mass is 10.1. The summed E-state index contributed by atoms with van der Waals surface area (Å²) in [4.78, 5) is 14.9. The molecule has 1 aromatic heterocycles. The Morgan fingerprint density at radius 3 is 2.59 bits per heavy atom. The number of hydrogen-bond donors (Lipinski definition) is 1. The number of fused-ring (bicyclic) bond motifs is 1. The highest BCUT2D eigenvalue weighted by Gasteiger charge is 2.09. The van der Waals surface area contributed by atoms with Gasteiger partial charge in [-0.15, -0.1) is 11.3 Å². The summed E-state index contributed by atoms with van der Waals surface area (Å²) < 4.78 is 12.6. The second-order valence-corrected chi connectivity index (χ2v) is 8.48. The van der Waals surface area contributed by atoms with Crippen LogP contribution in [-0.2, 0) is 4.79 Å². The van der Waals surface area contributed by atoms with Gasteiger partial charge in [-0.1, -0.05) is 32.0 Å². The molecule has 0 unspecified atom stereocenters. The minimum atomic E-state index is -0.187. The number of benzene rings is 2. The molecule has 3 rings (SSSR count). The SMILES string of the molecule is CCCN(CCC)CCOc1cc(NC(=O)C=Cc2csc3ccccc23)ccc1OC. The van der Waals surface area contributed by atoms with Gasteiger partial charge < -0.3 is 14.8 Å². The van der Waals surface area contributed by atoms with E-state index in [1.54, 1.807) is 24.5 Å². The fourth-order valence-electron chi connectivity index (χ4n) is 3.60. The molecule has 0 aliphatic carbocycles. The highest BCUT2D eigenvalue weighted by Crippen LogP contribution is 2.30. The molecule has 0 spiro atoms. The molecule has 5 nitrogen and oxygen atoms in total. The fraction of sp³-hybridized carbons (Fsp3) is 0.346. The third-order valence-corrected chi connectivity index (χ3v) is 6.08. The third kappa shape index (κ3) is 6.58. The molecule has 1 N–H and O–H groups in total. The molecule has 0 bridgehead atoms. The second-order valence-electron chi connectivity index (χ2n) is 7.57. The Bertz CT molecular complexity index is 1040. The molecule has 0 radical (unpaired) electrons. The smallest absolute Gasteiger partial charge is 0.248 e. The van der Waals surface area contributed by atoms with E-state index in [-0.39, 0.29) is 5.91 Å². The molecule has 0 saturated carbocycles. The van der Waals surface area contributed by atoms with Crippen LogP contribution in [0.5, 0.6) is 11.5 Å². The molecule has 0 aliphatic rings. The van der Waals surface area contributed by atoms with Crippen LogP contribution in [-0.4, -0.2) is 44.2 Å². The Hall–Kier alpha value is -2.83. The van der Waals surface area contributed by atoms with Crippen molar-refractivity contribution in [3.8, 4) is 11.5 Å². The van der Waals surface area contributed by atoms with Gasteiger partial charge in [-0.2, -0.15) is 0 Å². The minimum absolute atomic E-state index is 0.187. The number of methoxy groups -OCH3 is 1. The average Bonchev–Trinajstić information content (AvgIpc) is 3.21. The maximum atomic E-state index is 12.5. The van der Waals surface area contributed by atoms with E-state index >= 15 is 0 Å². The Kier molecular flexibility index (Phi) is 9.13. The summed E-state index contributed by atoms with van der Waals surface area (Å²) in [6.45, 7) is 7.94. The standard InChI is InChI=1S/C26H32N2O3S/c1-4-14-28(15-5-2)16-17-31-24-18-21(11-12-23(24)30-3)27-26(29)13-10-20-19-32-25-9-7-6-8-22(20)25/h6-13,18-19H,4-5,14-17H2,1-3H3,(H,27,29). The number of hydrogen-bond acceptors (Lipinski definition) is 5. The molecule has 0 aliphatic heterocycles. The number of carbonyl (C=O) groups is 1. The highest BCUT2D eigenvalue weighted by molar-refractivity contribution is 7.17. The maximum absolute atomic E-state index is 12.5. The number of carbonyl (C=O) groups excluding carboxylic acids is 1. The summed E-state index contributed by atoms with van der Waals surface area (Å²) in [5.41, 5.74) is 1.72. The summed E-state index contributed by atoms with van der Waals surface area (Å²) in [6, 6.07) is 13.6. The van der Waals surface area contributed by atoms with E-state index in [1.807, 2.05) is 36.4 Å². The monoisotopic (exact) mass is 452 g/mol. The molecule has 3 aromatic rings. The zero-order valence-electron chi connectivity index (χ0n) is 19.1. The van der Waals surface area contributed by atoms with Crippen molar-refractivity contribution in [1.82, 2.24) is 4.90 Å². The molecule has 32 heavy (non-hydrogen) atoms. The summed E-state index contributed by atoms with van der Waals surface area (Å²) in [5, 5.41) is 6.13. The van der Waals surface area contributed by atoms with Crippen molar-refractivity contribution >= 4 is 39.1 Å². The van der Waals surface area contributed by atoms with Gasteiger partial charge in [0.1, 0.15) is 6.61 Å². The van der Waals surface area contributed by atoms with Crippen LogP contribution in [0.25, 0.3) is 16.2 Å². The van der Waals surface area contributed by atoms with Crippen LogP contribution in [0.3, 0.4) is 0 Å². The predicted octanol–water partition coefficient (Wildman–Crippen LogP) is 6.06. The number of anilines is 1. The van der Waals surface area contributed by atoms with Gasteiger partial charge >= 0.3 is 0 Å². The first kappa shape index (κ1) is 23.8. The topological polar surface area (TPSA) is 50.8 Å². The van der Waals surface area contributed by atoms with Crippen LogP contribution in [0.1, 0.15) is 32.3 Å². The van der Waals surface area contributed by atoms with Crippen molar-refractivity contribution in [3.05, 3.63) is 59.5 Å². The van der Waals surface area contributed by atoms with E-state index in [1.165, 1.54) is 4.70 Å². The van der Waals surface area contributed by atoms with Crippen LogP contribution in [0.2, 0.25) is 0 Å². The third-order valence-electron chi connectivity index (χ3n) is 5.10. The van der Waals surface area contributed by atoms with E-state index < -0.39 is 0 Å². The van der Waals surface area contributed by atoms with Crippen molar-refractivity contribution in [2.24, 2.45) is 0 Å². The lowest BCUT2D eigenvalue weighted by Crippen LogP contribution is -2.30. The molecule has 0 atom stereocenters. The summed E-state index contributed by atoms with van der Waals surface area (Å²) in [7, 11) is 1.62. The van der Waals surface area contributed by atoms with Gasteiger partial charge in [-0.25, -0.2) is 0 Å². The highest BCUT2D eigenvalue weighted by atomic mass is 32.1. The van der Waals surface area contributed by atoms with Crippen LogP contribution in [0, 0.1) is 0 Å². The van der Waals surface area contributed by atoms with Gasteiger partial charge in [0.25, 0.3) is 0 Å². The molecule has 6 heteroatoms. The van der Waals surface area contributed by atoms with Gasteiger partial charge in [0, 0.05) is 29.1 Å². The molecule has 1 heterocycles. The number of nitrogens with one attached hydrogen (secondary N) is 1. The lowest BCUT2D eigenvalue weighted by Gasteiger charge is -2.21. The number of thiophene rings is 1. The van der Waals surface area contributed by atoms with Crippen LogP contribution >= 0.6 is 11.3 Å². The van der Waals surface area contributed by atoms with Gasteiger partial charge in [0.05, 0.1) is 7.11 Å². The molecule has 2 aromatic carbocycles. The van der Waals surface area contributed by atoms with E-state index in [2.05, 4.69) is 41.6 Å². The molecule has 0 saturated heterocycles. The minimum Gasteiger partial charge on any atom is -0.493 e. The van der Waals surface area contributed by atoms with Crippen LogP contribution < -0.4 is 14.8 Å². The molecule has 0 fully saturated rings. The van der Waals surface area contributed by atoms with Gasteiger partial charge in [0.2, 0.25) is 5.91 Å². The Labute approximate surface area is 194 Å². The largest absolute Gasteiger partial charge is 0.493 e. The summed E-state index contributed by atoms with van der Waals surface area (Å²) >= 11 is 1.67. The quantitative estimate of drug-likeness (QED) is 0.339. The van der Waals surface area contributed by atoms with Crippen LogP contribution in [0.4, 0.5) is 5.69 Å². The number of nitrogens with zero attached hydrogens (tertiary/aromatic N) is 1. The van der Waals surface area contributed by atoms with E-state index in [0.29, 0.717) is 23.8 Å². The van der Waals surface area contributed by atoms with Crippen molar-refractivity contribution < 1.29 is 14.3 Å². The second kappa shape index (κ2) is 12.3. The zero-order chi connectivity index (χ0) is 22.8. The van der Waals surface area contributed by atoms with Crippen molar-refractivity contribution in [1.29, 1.82) is 0 Å². The first-order chi connectivity index (χ1) is 15.6. The first-order valence-corrected chi connectivity index (χ1v) is 12.0. The van der Waals surface area contributed by atoms with E-state index in [4.69, 9.17) is 9.47 Å². The average molecular weight is 453 g/mol. The zero-order valence-corrected chi connectivity index (χ0v) is 19.9. The molecular weight excluding hydrogens is 420 g/mol. The summed E-state index contributed by atoms with van der Waals surface area (Å²) in [6.07, 6.45) is 5.66. The summed E-state index contributed by atoms with van der Waals surface area (Å²) in [5.74, 6) is 1.10. The van der Waals surface area contributed by atoms with Gasteiger partial charge in [0.15, 0.2) is 11.5 Å². The van der Waals surface area contributed by atoms with Crippen LogP contribution in [0.15, 0.2) is 53.9 Å².